The van der Waals surface area contributed by atoms with E-state index in [0.717, 1.165) is 12.3 Å². The van der Waals surface area contributed by atoms with Gasteiger partial charge in [0.05, 0.1) is 35.0 Å². The Morgan fingerprint density at radius 3 is 2.61 bits per heavy atom. The summed E-state index contributed by atoms with van der Waals surface area (Å²) in [5, 5.41) is 4.63. The third-order valence-electron chi connectivity index (χ3n) is 4.99. The van der Waals surface area contributed by atoms with Crippen LogP contribution in [0.2, 0.25) is 0 Å². The van der Waals surface area contributed by atoms with Gasteiger partial charge in [-0.05, 0) is 50.2 Å². The number of halogens is 3. The van der Waals surface area contributed by atoms with Crippen LogP contribution in [0.25, 0.3) is 16.4 Å². The van der Waals surface area contributed by atoms with E-state index in [-0.39, 0.29) is 24.2 Å². The molecule has 4 aromatic rings. The lowest BCUT2D eigenvalue weighted by Crippen LogP contribution is -2.36. The molecule has 3 heterocycles. The summed E-state index contributed by atoms with van der Waals surface area (Å²) in [5.41, 5.74) is 0.626. The Morgan fingerprint density at radius 2 is 1.97 bits per heavy atom. The van der Waals surface area contributed by atoms with Crippen molar-refractivity contribution in [2.75, 3.05) is 0 Å². The fourth-order valence-electron chi connectivity index (χ4n) is 3.35. The number of amides is 1. The molecule has 4 rings (SSSR count). The Morgan fingerprint density at radius 1 is 1.19 bits per heavy atom. The number of aromatic nitrogens is 4. The Balaban J connectivity index is 1.67. The quantitative estimate of drug-likeness (QED) is 0.537. The van der Waals surface area contributed by atoms with Gasteiger partial charge in [-0.25, -0.2) is 4.79 Å². The second-order valence-corrected chi connectivity index (χ2v) is 7.38. The molecule has 0 radical (unpaired) electrons. The number of carbonyl (C=O) groups is 1. The number of hydrogen-bond acceptors (Lipinski definition) is 4. The minimum absolute atomic E-state index is 0.0559. The topological polar surface area (TPSA) is 83.4 Å². The number of alkyl halides is 3. The molecule has 1 aromatic carbocycles. The van der Waals surface area contributed by atoms with Crippen LogP contribution in [0, 0.1) is 0 Å². The molecule has 0 aliphatic heterocycles. The first kappa shape index (κ1) is 20.6. The van der Waals surface area contributed by atoms with E-state index in [4.69, 9.17) is 0 Å². The highest BCUT2D eigenvalue weighted by atomic mass is 19.4. The molecular weight excluding hydrogens is 411 g/mol. The Kier molecular flexibility index (Phi) is 5.00. The summed E-state index contributed by atoms with van der Waals surface area (Å²) in [6, 6.07) is 8.59. The van der Waals surface area contributed by atoms with Crippen LogP contribution in [-0.4, -0.2) is 36.4 Å². The van der Waals surface area contributed by atoms with Crippen LogP contribution in [0.1, 0.15) is 35.5 Å². The fourth-order valence-corrected chi connectivity index (χ4v) is 3.35. The SMILES string of the molecule is CC(C)N(Cc1ccc(C(F)(F)F)cn1)C(=O)c1ccc2[nH]c(=O)n3nccc3c2c1. The number of hydrogen-bond donors (Lipinski definition) is 1. The zero-order chi connectivity index (χ0) is 22.3. The van der Waals surface area contributed by atoms with Crippen molar-refractivity contribution in [3.05, 3.63) is 76.1 Å². The monoisotopic (exact) mass is 429 g/mol. The van der Waals surface area contributed by atoms with Gasteiger partial charge in [-0.2, -0.15) is 22.8 Å². The average molecular weight is 429 g/mol. The Hall–Kier alpha value is -3.69. The molecule has 0 saturated heterocycles. The van der Waals surface area contributed by atoms with Gasteiger partial charge in [0.1, 0.15) is 0 Å². The normalized spacial score (nSPS) is 12.1. The van der Waals surface area contributed by atoms with Crippen LogP contribution in [-0.2, 0) is 12.7 Å². The van der Waals surface area contributed by atoms with E-state index >= 15 is 0 Å². The van der Waals surface area contributed by atoms with Gasteiger partial charge in [0.25, 0.3) is 5.91 Å². The predicted molar refractivity (Wildman–Crippen MR) is 108 cm³/mol. The highest BCUT2D eigenvalue weighted by Crippen LogP contribution is 2.28. The molecule has 31 heavy (non-hydrogen) atoms. The zero-order valence-corrected chi connectivity index (χ0v) is 16.6. The molecule has 0 fully saturated rings. The summed E-state index contributed by atoms with van der Waals surface area (Å²) < 4.78 is 39.5. The first-order chi connectivity index (χ1) is 14.6. The van der Waals surface area contributed by atoms with Crippen molar-refractivity contribution in [1.82, 2.24) is 24.5 Å². The molecule has 0 spiro atoms. The van der Waals surface area contributed by atoms with Crippen LogP contribution >= 0.6 is 0 Å². The smallest absolute Gasteiger partial charge is 0.330 e. The molecule has 160 valence electrons. The van der Waals surface area contributed by atoms with Gasteiger partial charge in [0.2, 0.25) is 0 Å². The number of nitrogens with zero attached hydrogens (tertiary/aromatic N) is 4. The molecule has 0 saturated carbocycles. The number of H-pyrrole nitrogens is 1. The molecule has 1 amide bonds. The highest BCUT2D eigenvalue weighted by molar-refractivity contribution is 6.01. The maximum Gasteiger partial charge on any atom is 0.417 e. The van der Waals surface area contributed by atoms with Gasteiger partial charge >= 0.3 is 11.9 Å². The van der Waals surface area contributed by atoms with Crippen LogP contribution in [0.5, 0.6) is 0 Å². The van der Waals surface area contributed by atoms with Crippen LogP contribution < -0.4 is 5.69 Å². The Bertz CT molecular complexity index is 1320. The van der Waals surface area contributed by atoms with Crippen LogP contribution in [0.4, 0.5) is 13.2 Å². The van der Waals surface area contributed by atoms with E-state index in [1.807, 2.05) is 13.8 Å². The van der Waals surface area contributed by atoms with Crippen LogP contribution in [0.15, 0.2) is 53.6 Å². The molecule has 1 N–H and O–H groups in total. The van der Waals surface area contributed by atoms with E-state index in [0.29, 0.717) is 27.7 Å². The molecule has 0 aliphatic carbocycles. The summed E-state index contributed by atoms with van der Waals surface area (Å²) in [6.45, 7) is 3.69. The van der Waals surface area contributed by atoms with Gasteiger partial charge in [-0.15, -0.1) is 0 Å². The molecule has 0 aliphatic rings. The number of benzene rings is 1. The lowest BCUT2D eigenvalue weighted by molar-refractivity contribution is -0.137. The van der Waals surface area contributed by atoms with Crippen molar-refractivity contribution in [3.63, 3.8) is 0 Å². The van der Waals surface area contributed by atoms with E-state index < -0.39 is 11.7 Å². The summed E-state index contributed by atoms with van der Waals surface area (Å²) in [7, 11) is 0. The van der Waals surface area contributed by atoms with Crippen molar-refractivity contribution in [2.24, 2.45) is 0 Å². The first-order valence-electron chi connectivity index (χ1n) is 9.48. The number of nitrogens with one attached hydrogen (secondary N) is 1. The molecular formula is C21H18F3N5O2. The van der Waals surface area contributed by atoms with Crippen molar-refractivity contribution in [2.45, 2.75) is 32.6 Å². The van der Waals surface area contributed by atoms with Gasteiger partial charge in [-0.3, -0.25) is 9.78 Å². The van der Waals surface area contributed by atoms with Crippen molar-refractivity contribution in [1.29, 1.82) is 0 Å². The lowest BCUT2D eigenvalue weighted by atomic mass is 10.1. The molecule has 0 bridgehead atoms. The van der Waals surface area contributed by atoms with Crippen molar-refractivity contribution >= 4 is 22.3 Å². The maximum atomic E-state index is 13.2. The molecule has 7 nitrogen and oxygen atoms in total. The Labute approximate surface area is 174 Å². The third kappa shape index (κ3) is 3.88. The highest BCUT2D eigenvalue weighted by Gasteiger charge is 2.31. The second kappa shape index (κ2) is 7.53. The number of carbonyl (C=O) groups excluding carboxylic acids is 1. The second-order valence-electron chi connectivity index (χ2n) is 7.38. The lowest BCUT2D eigenvalue weighted by Gasteiger charge is -2.27. The minimum Gasteiger partial charge on any atom is -0.330 e. The number of rotatable bonds is 4. The van der Waals surface area contributed by atoms with E-state index in [2.05, 4.69) is 15.1 Å². The van der Waals surface area contributed by atoms with Gasteiger partial charge in [0.15, 0.2) is 0 Å². The predicted octanol–water partition coefficient (Wildman–Crippen LogP) is 3.64. The third-order valence-corrected chi connectivity index (χ3v) is 4.99. The van der Waals surface area contributed by atoms with Crippen molar-refractivity contribution < 1.29 is 18.0 Å². The van der Waals surface area contributed by atoms with E-state index in [1.54, 1.807) is 24.3 Å². The minimum atomic E-state index is -4.47. The number of fused-ring (bicyclic) bond motifs is 3. The summed E-state index contributed by atoms with van der Waals surface area (Å²) in [6.07, 6.45) is -2.21. The van der Waals surface area contributed by atoms with E-state index in [1.165, 1.54) is 21.7 Å². The molecule has 0 unspecified atom stereocenters. The molecule has 10 heteroatoms. The molecule has 3 aromatic heterocycles. The fraction of sp³-hybridized carbons (Fsp3) is 0.238. The summed E-state index contributed by atoms with van der Waals surface area (Å²) in [5.74, 6) is -0.303. The standard InChI is InChI=1S/C21H18F3N5O2/c1-12(2)28(11-15-5-4-14(10-25-15)21(22,23)24)19(30)13-3-6-17-16(9-13)18-7-8-26-29(18)20(31)27-17/h3-10,12H,11H2,1-2H3,(H,27,31). The summed E-state index contributed by atoms with van der Waals surface area (Å²) in [4.78, 5) is 33.4. The van der Waals surface area contributed by atoms with Crippen LogP contribution in [0.3, 0.4) is 0 Å². The maximum absolute atomic E-state index is 13.2. The molecule has 0 atom stereocenters. The summed E-state index contributed by atoms with van der Waals surface area (Å²) >= 11 is 0. The van der Waals surface area contributed by atoms with Gasteiger partial charge < -0.3 is 9.88 Å². The first-order valence-corrected chi connectivity index (χ1v) is 9.48. The van der Waals surface area contributed by atoms with Gasteiger partial charge in [0, 0.05) is 23.2 Å². The number of aromatic amines is 1. The van der Waals surface area contributed by atoms with Crippen molar-refractivity contribution in [3.8, 4) is 0 Å². The zero-order valence-electron chi connectivity index (χ0n) is 16.6. The largest absolute Gasteiger partial charge is 0.417 e. The van der Waals surface area contributed by atoms with Gasteiger partial charge in [-0.1, -0.05) is 0 Å². The average Bonchev–Trinajstić information content (AvgIpc) is 3.22. The number of pyridine rings is 1. The van der Waals surface area contributed by atoms with E-state index in [9.17, 15) is 22.8 Å².